The van der Waals surface area contributed by atoms with Gasteiger partial charge >= 0.3 is 0 Å². The summed E-state index contributed by atoms with van der Waals surface area (Å²) in [5.74, 6) is 0.0393. The van der Waals surface area contributed by atoms with E-state index in [1.54, 1.807) is 4.90 Å². The highest BCUT2D eigenvalue weighted by molar-refractivity contribution is 7.13. The Bertz CT molecular complexity index is 759. The van der Waals surface area contributed by atoms with Gasteiger partial charge in [-0.05, 0) is 24.3 Å². The summed E-state index contributed by atoms with van der Waals surface area (Å²) in [4.78, 5) is 30.1. The Labute approximate surface area is 151 Å². The standard InChI is InChI=1S/C19H23N3O2S/c1-12(2)13-3-5-15(6-4-13)18-21-16(11-25-18)19(24)22-9-7-14(8-10-22)17(20)23/h3-6,11-12,14H,7-10H2,1-2H3,(H2,20,23). The molecule has 25 heavy (non-hydrogen) atoms. The molecule has 1 aromatic carbocycles. The molecular weight excluding hydrogens is 334 g/mol. The van der Waals surface area contributed by atoms with Gasteiger partial charge in [-0.1, -0.05) is 38.1 Å². The highest BCUT2D eigenvalue weighted by Crippen LogP contribution is 2.27. The highest BCUT2D eigenvalue weighted by atomic mass is 32.1. The molecule has 2 heterocycles. The van der Waals surface area contributed by atoms with Gasteiger partial charge in [0.25, 0.3) is 5.91 Å². The van der Waals surface area contributed by atoms with Gasteiger partial charge in [-0.25, -0.2) is 4.98 Å². The van der Waals surface area contributed by atoms with Crippen LogP contribution in [0.25, 0.3) is 10.6 Å². The second kappa shape index (κ2) is 7.35. The minimum atomic E-state index is -0.270. The number of carbonyl (C=O) groups is 2. The molecule has 2 N–H and O–H groups in total. The molecule has 2 amide bonds. The van der Waals surface area contributed by atoms with Crippen molar-refractivity contribution in [1.29, 1.82) is 0 Å². The zero-order valence-corrected chi connectivity index (χ0v) is 15.4. The molecule has 3 rings (SSSR count). The van der Waals surface area contributed by atoms with Crippen molar-refractivity contribution in [3.63, 3.8) is 0 Å². The molecule has 0 atom stereocenters. The van der Waals surface area contributed by atoms with E-state index in [-0.39, 0.29) is 17.7 Å². The van der Waals surface area contributed by atoms with Crippen LogP contribution < -0.4 is 5.73 Å². The lowest BCUT2D eigenvalue weighted by molar-refractivity contribution is -0.123. The third-order valence-electron chi connectivity index (χ3n) is 4.73. The van der Waals surface area contributed by atoms with Gasteiger partial charge in [0.2, 0.25) is 5.91 Å². The quantitative estimate of drug-likeness (QED) is 0.912. The normalized spacial score (nSPS) is 15.6. The number of aromatic nitrogens is 1. The molecule has 1 saturated heterocycles. The topological polar surface area (TPSA) is 76.3 Å². The van der Waals surface area contributed by atoms with Crippen LogP contribution in [-0.2, 0) is 4.79 Å². The predicted molar refractivity (Wildman–Crippen MR) is 99.5 cm³/mol. The van der Waals surface area contributed by atoms with Crippen LogP contribution in [0.1, 0.15) is 48.7 Å². The third kappa shape index (κ3) is 3.90. The molecule has 1 aliphatic rings. The molecule has 2 aromatic rings. The van der Waals surface area contributed by atoms with Gasteiger partial charge < -0.3 is 10.6 Å². The second-order valence-electron chi connectivity index (χ2n) is 6.78. The van der Waals surface area contributed by atoms with Crippen molar-refractivity contribution in [3.05, 3.63) is 40.9 Å². The van der Waals surface area contributed by atoms with Crippen molar-refractivity contribution in [1.82, 2.24) is 9.88 Å². The van der Waals surface area contributed by atoms with Crippen LogP contribution in [0.2, 0.25) is 0 Å². The number of rotatable bonds is 4. The van der Waals surface area contributed by atoms with Gasteiger partial charge in [0.15, 0.2) is 0 Å². The molecule has 0 saturated carbocycles. The Morgan fingerprint density at radius 3 is 2.40 bits per heavy atom. The Balaban J connectivity index is 1.69. The van der Waals surface area contributed by atoms with Crippen molar-refractivity contribution in [3.8, 4) is 10.6 Å². The Hall–Kier alpha value is -2.21. The lowest BCUT2D eigenvalue weighted by atomic mass is 9.96. The molecular formula is C19H23N3O2S. The summed E-state index contributed by atoms with van der Waals surface area (Å²) in [6, 6.07) is 8.33. The van der Waals surface area contributed by atoms with Gasteiger partial charge in [-0.2, -0.15) is 0 Å². The maximum absolute atomic E-state index is 12.6. The monoisotopic (exact) mass is 357 g/mol. The Morgan fingerprint density at radius 1 is 1.20 bits per heavy atom. The molecule has 0 bridgehead atoms. The van der Waals surface area contributed by atoms with Gasteiger partial charge in [-0.3, -0.25) is 9.59 Å². The number of likely N-dealkylation sites (tertiary alicyclic amines) is 1. The number of amides is 2. The van der Waals surface area contributed by atoms with Crippen molar-refractivity contribution in [2.24, 2.45) is 11.7 Å². The van der Waals surface area contributed by atoms with E-state index in [9.17, 15) is 9.59 Å². The van der Waals surface area contributed by atoms with E-state index in [0.29, 0.717) is 37.5 Å². The van der Waals surface area contributed by atoms with E-state index in [2.05, 4.69) is 43.1 Å². The smallest absolute Gasteiger partial charge is 0.273 e. The Kier molecular flexibility index (Phi) is 5.18. The SMILES string of the molecule is CC(C)c1ccc(-c2nc(C(=O)N3CCC(C(N)=O)CC3)cs2)cc1. The zero-order chi connectivity index (χ0) is 18.0. The van der Waals surface area contributed by atoms with E-state index in [4.69, 9.17) is 5.73 Å². The highest BCUT2D eigenvalue weighted by Gasteiger charge is 2.27. The summed E-state index contributed by atoms with van der Waals surface area (Å²) in [6.07, 6.45) is 1.27. The summed E-state index contributed by atoms with van der Waals surface area (Å²) in [5, 5.41) is 2.67. The number of primary amides is 1. The molecule has 132 valence electrons. The number of hydrogen-bond donors (Lipinski definition) is 1. The van der Waals surface area contributed by atoms with Crippen LogP contribution in [0.15, 0.2) is 29.6 Å². The van der Waals surface area contributed by atoms with Crippen molar-refractivity contribution < 1.29 is 9.59 Å². The minimum Gasteiger partial charge on any atom is -0.369 e. The molecule has 0 radical (unpaired) electrons. The first-order chi connectivity index (χ1) is 12.0. The van der Waals surface area contributed by atoms with Gasteiger partial charge in [0.05, 0.1) is 0 Å². The van der Waals surface area contributed by atoms with E-state index in [1.807, 2.05) is 5.38 Å². The molecule has 1 fully saturated rings. The Morgan fingerprint density at radius 2 is 1.84 bits per heavy atom. The number of nitrogens with zero attached hydrogens (tertiary/aromatic N) is 2. The summed E-state index contributed by atoms with van der Waals surface area (Å²) in [5.41, 5.74) is 8.14. The number of benzene rings is 1. The zero-order valence-electron chi connectivity index (χ0n) is 14.6. The van der Waals surface area contributed by atoms with E-state index < -0.39 is 0 Å². The van der Waals surface area contributed by atoms with Crippen LogP contribution in [-0.4, -0.2) is 34.8 Å². The third-order valence-corrected chi connectivity index (χ3v) is 5.62. The average molecular weight is 357 g/mol. The molecule has 0 unspecified atom stereocenters. The fraction of sp³-hybridized carbons (Fsp3) is 0.421. The fourth-order valence-electron chi connectivity index (χ4n) is 3.04. The van der Waals surface area contributed by atoms with E-state index >= 15 is 0 Å². The second-order valence-corrected chi connectivity index (χ2v) is 7.64. The first-order valence-electron chi connectivity index (χ1n) is 8.60. The fourth-order valence-corrected chi connectivity index (χ4v) is 3.84. The summed E-state index contributed by atoms with van der Waals surface area (Å²) < 4.78 is 0. The summed E-state index contributed by atoms with van der Waals surface area (Å²) in [7, 11) is 0. The number of nitrogens with two attached hydrogens (primary N) is 1. The number of thiazole rings is 1. The molecule has 1 aromatic heterocycles. The van der Waals surface area contributed by atoms with Gasteiger partial charge in [0, 0.05) is 30.0 Å². The lowest BCUT2D eigenvalue weighted by Gasteiger charge is -2.30. The molecule has 0 spiro atoms. The van der Waals surface area contributed by atoms with Gasteiger partial charge in [0.1, 0.15) is 10.7 Å². The summed E-state index contributed by atoms with van der Waals surface area (Å²) in [6.45, 7) is 5.44. The molecule has 0 aliphatic carbocycles. The van der Waals surface area contributed by atoms with Crippen LogP contribution >= 0.6 is 11.3 Å². The maximum Gasteiger partial charge on any atom is 0.273 e. The van der Waals surface area contributed by atoms with E-state index in [1.165, 1.54) is 16.9 Å². The largest absolute Gasteiger partial charge is 0.369 e. The number of hydrogen-bond acceptors (Lipinski definition) is 4. The minimum absolute atomic E-state index is 0.0655. The summed E-state index contributed by atoms with van der Waals surface area (Å²) >= 11 is 1.48. The maximum atomic E-state index is 12.6. The van der Waals surface area contributed by atoms with E-state index in [0.717, 1.165) is 10.6 Å². The van der Waals surface area contributed by atoms with Crippen molar-refractivity contribution in [2.75, 3.05) is 13.1 Å². The first-order valence-corrected chi connectivity index (χ1v) is 9.48. The van der Waals surface area contributed by atoms with Crippen LogP contribution in [0.3, 0.4) is 0 Å². The van der Waals surface area contributed by atoms with Gasteiger partial charge in [-0.15, -0.1) is 11.3 Å². The van der Waals surface area contributed by atoms with Crippen LogP contribution in [0, 0.1) is 5.92 Å². The van der Waals surface area contributed by atoms with Crippen LogP contribution in [0.4, 0.5) is 0 Å². The average Bonchev–Trinajstić information content (AvgIpc) is 3.11. The van der Waals surface area contributed by atoms with Crippen molar-refractivity contribution >= 4 is 23.2 Å². The van der Waals surface area contributed by atoms with Crippen molar-refractivity contribution in [2.45, 2.75) is 32.6 Å². The molecule has 5 nitrogen and oxygen atoms in total. The number of piperidine rings is 1. The predicted octanol–water partition coefficient (Wildman–Crippen LogP) is 3.27. The lowest BCUT2D eigenvalue weighted by Crippen LogP contribution is -2.41. The number of carbonyl (C=O) groups excluding carboxylic acids is 2. The van der Waals surface area contributed by atoms with Crippen LogP contribution in [0.5, 0.6) is 0 Å². The first kappa shape index (κ1) is 17.6. The molecule has 1 aliphatic heterocycles. The molecule has 6 heteroatoms.